The molecule has 2 rings (SSSR count). The summed E-state index contributed by atoms with van der Waals surface area (Å²) < 4.78 is 5.76. The van der Waals surface area contributed by atoms with Gasteiger partial charge in [-0.3, -0.25) is 0 Å². The fraction of sp³-hybridized carbons (Fsp3) is 0.500. The van der Waals surface area contributed by atoms with Crippen molar-refractivity contribution in [2.45, 2.75) is 32.4 Å². The van der Waals surface area contributed by atoms with Crippen molar-refractivity contribution in [2.75, 3.05) is 6.54 Å². The lowest BCUT2D eigenvalue weighted by molar-refractivity contribution is 0.167. The van der Waals surface area contributed by atoms with Crippen molar-refractivity contribution in [1.82, 2.24) is 5.32 Å². The second-order valence-electron chi connectivity index (χ2n) is 4.17. The quantitative estimate of drug-likeness (QED) is 0.813. The molecule has 94 valence electrons. The van der Waals surface area contributed by atoms with Crippen LogP contribution in [0.1, 0.15) is 31.9 Å². The van der Waals surface area contributed by atoms with Crippen LogP contribution in [0.2, 0.25) is 15.1 Å². The van der Waals surface area contributed by atoms with Gasteiger partial charge >= 0.3 is 0 Å². The predicted octanol–water partition coefficient (Wildman–Crippen LogP) is 4.47. The summed E-state index contributed by atoms with van der Waals surface area (Å²) in [6, 6.07) is 1.77. The zero-order valence-electron chi connectivity index (χ0n) is 9.69. The third-order valence-corrected chi connectivity index (χ3v) is 3.93. The van der Waals surface area contributed by atoms with Crippen LogP contribution in [-0.2, 0) is 0 Å². The highest BCUT2D eigenvalue weighted by Crippen LogP contribution is 2.46. The highest BCUT2D eigenvalue weighted by Gasteiger charge is 2.30. The molecule has 2 nitrogen and oxygen atoms in total. The molecule has 0 radical (unpaired) electrons. The van der Waals surface area contributed by atoms with E-state index in [1.54, 1.807) is 6.07 Å². The van der Waals surface area contributed by atoms with Gasteiger partial charge in [0.1, 0.15) is 5.75 Å². The molecule has 0 spiro atoms. The Hall–Kier alpha value is -0.150. The molecule has 0 bridgehead atoms. The van der Waals surface area contributed by atoms with Gasteiger partial charge in [0.15, 0.2) is 0 Å². The summed E-state index contributed by atoms with van der Waals surface area (Å²) in [7, 11) is 0. The summed E-state index contributed by atoms with van der Waals surface area (Å²) in [5, 5.41) is 4.90. The fourth-order valence-electron chi connectivity index (χ4n) is 2.16. The second-order valence-corrected chi connectivity index (χ2v) is 5.36. The molecule has 1 aliphatic heterocycles. The van der Waals surface area contributed by atoms with E-state index in [9.17, 15) is 0 Å². The van der Waals surface area contributed by atoms with Crippen molar-refractivity contribution in [3.63, 3.8) is 0 Å². The highest BCUT2D eigenvalue weighted by atomic mass is 35.5. The minimum atomic E-state index is 0.112. The molecule has 1 N–H and O–H groups in total. The Labute approximate surface area is 116 Å². The van der Waals surface area contributed by atoms with Gasteiger partial charge in [-0.25, -0.2) is 0 Å². The number of rotatable bonds is 2. The first-order valence-electron chi connectivity index (χ1n) is 5.62. The van der Waals surface area contributed by atoms with Crippen molar-refractivity contribution < 1.29 is 4.74 Å². The Balaban J connectivity index is 2.54. The Morgan fingerprint density at radius 3 is 2.71 bits per heavy atom. The summed E-state index contributed by atoms with van der Waals surface area (Å²) in [6.45, 7) is 4.93. The zero-order valence-corrected chi connectivity index (χ0v) is 12.0. The fourth-order valence-corrected chi connectivity index (χ4v) is 2.95. The number of fused-ring (bicyclic) bond motifs is 1. The largest absolute Gasteiger partial charge is 0.489 e. The molecule has 1 heterocycles. The molecule has 17 heavy (non-hydrogen) atoms. The molecule has 2 unspecified atom stereocenters. The van der Waals surface area contributed by atoms with Crippen LogP contribution in [0.25, 0.3) is 0 Å². The predicted molar refractivity (Wildman–Crippen MR) is 72.6 cm³/mol. The molecule has 1 aliphatic rings. The van der Waals surface area contributed by atoms with Crippen LogP contribution >= 0.6 is 34.8 Å². The van der Waals surface area contributed by atoms with Gasteiger partial charge in [0.2, 0.25) is 0 Å². The van der Waals surface area contributed by atoms with Gasteiger partial charge < -0.3 is 10.1 Å². The topological polar surface area (TPSA) is 21.3 Å². The van der Waals surface area contributed by atoms with E-state index in [1.807, 2.05) is 6.92 Å². The van der Waals surface area contributed by atoms with Gasteiger partial charge in [-0.1, -0.05) is 41.7 Å². The van der Waals surface area contributed by atoms with Gasteiger partial charge in [0.05, 0.1) is 21.2 Å². The Morgan fingerprint density at radius 2 is 2.06 bits per heavy atom. The molecule has 0 amide bonds. The van der Waals surface area contributed by atoms with Crippen LogP contribution in [0.5, 0.6) is 5.75 Å². The summed E-state index contributed by atoms with van der Waals surface area (Å²) in [6.07, 6.45) is 0.971. The molecule has 0 aromatic heterocycles. The van der Waals surface area contributed by atoms with Crippen LogP contribution < -0.4 is 10.1 Å². The van der Waals surface area contributed by atoms with E-state index in [4.69, 9.17) is 39.5 Å². The van der Waals surface area contributed by atoms with E-state index in [-0.39, 0.29) is 12.1 Å². The monoisotopic (exact) mass is 293 g/mol. The van der Waals surface area contributed by atoms with E-state index in [0.29, 0.717) is 20.8 Å². The van der Waals surface area contributed by atoms with Crippen LogP contribution in [0.3, 0.4) is 0 Å². The Bertz CT molecular complexity index is 436. The molecule has 2 atom stereocenters. The lowest BCUT2D eigenvalue weighted by Crippen LogP contribution is -2.31. The summed E-state index contributed by atoms with van der Waals surface area (Å²) in [4.78, 5) is 0. The van der Waals surface area contributed by atoms with E-state index in [2.05, 4.69) is 12.2 Å². The summed E-state index contributed by atoms with van der Waals surface area (Å²) >= 11 is 18.5. The van der Waals surface area contributed by atoms with Gasteiger partial charge in [-0.05, 0) is 19.5 Å². The maximum absolute atomic E-state index is 6.25. The first-order chi connectivity index (χ1) is 8.04. The van der Waals surface area contributed by atoms with Crippen LogP contribution in [0, 0.1) is 0 Å². The molecular weight excluding hydrogens is 280 g/mol. The van der Waals surface area contributed by atoms with Crippen molar-refractivity contribution in [2.24, 2.45) is 0 Å². The SMILES string of the molecule is CCNC1CC(C)Oc2c(Cl)cc(Cl)c(Cl)c21. The number of hydrogen-bond acceptors (Lipinski definition) is 2. The number of hydrogen-bond donors (Lipinski definition) is 1. The maximum atomic E-state index is 6.25. The normalized spacial score (nSPS) is 23.1. The molecule has 1 aromatic carbocycles. The standard InChI is InChI=1S/C12H14Cl3NO/c1-3-16-9-4-6(2)17-12-8(14)5-7(13)11(15)10(9)12/h5-6,9,16H,3-4H2,1-2H3. The maximum Gasteiger partial charge on any atom is 0.144 e. The van der Waals surface area contributed by atoms with Gasteiger partial charge in [0, 0.05) is 18.0 Å². The smallest absolute Gasteiger partial charge is 0.144 e. The molecule has 1 aromatic rings. The Morgan fingerprint density at radius 1 is 1.35 bits per heavy atom. The number of halogens is 3. The molecule has 0 aliphatic carbocycles. The third-order valence-electron chi connectivity index (χ3n) is 2.85. The minimum Gasteiger partial charge on any atom is -0.489 e. The highest BCUT2D eigenvalue weighted by molar-refractivity contribution is 6.44. The number of nitrogens with one attached hydrogen (secondary N) is 1. The van der Waals surface area contributed by atoms with E-state index < -0.39 is 0 Å². The van der Waals surface area contributed by atoms with Crippen molar-refractivity contribution in [3.8, 4) is 5.75 Å². The number of ether oxygens (including phenoxy) is 1. The van der Waals surface area contributed by atoms with Crippen LogP contribution in [-0.4, -0.2) is 12.6 Å². The van der Waals surface area contributed by atoms with Crippen molar-refractivity contribution in [3.05, 3.63) is 26.7 Å². The summed E-state index contributed by atoms with van der Waals surface area (Å²) in [5.74, 6) is 0.658. The lowest BCUT2D eigenvalue weighted by Gasteiger charge is -2.32. The molecule has 5 heteroatoms. The molecule has 0 saturated heterocycles. The van der Waals surface area contributed by atoms with E-state index >= 15 is 0 Å². The molecular formula is C12H14Cl3NO. The van der Waals surface area contributed by atoms with Gasteiger partial charge in [-0.15, -0.1) is 0 Å². The first-order valence-corrected chi connectivity index (χ1v) is 6.75. The van der Waals surface area contributed by atoms with E-state index in [0.717, 1.165) is 18.5 Å². The van der Waals surface area contributed by atoms with Gasteiger partial charge in [0.25, 0.3) is 0 Å². The lowest BCUT2D eigenvalue weighted by atomic mass is 9.97. The summed E-state index contributed by atoms with van der Waals surface area (Å²) in [5.41, 5.74) is 0.879. The average molecular weight is 295 g/mol. The zero-order chi connectivity index (χ0) is 12.6. The first kappa shape index (κ1) is 13.3. The van der Waals surface area contributed by atoms with Crippen molar-refractivity contribution in [1.29, 1.82) is 0 Å². The second kappa shape index (κ2) is 5.23. The number of benzene rings is 1. The average Bonchev–Trinajstić information content (AvgIpc) is 2.26. The van der Waals surface area contributed by atoms with Crippen LogP contribution in [0.4, 0.5) is 0 Å². The van der Waals surface area contributed by atoms with Crippen molar-refractivity contribution >= 4 is 34.8 Å². The molecule has 0 saturated carbocycles. The minimum absolute atomic E-state index is 0.112. The van der Waals surface area contributed by atoms with Crippen LogP contribution in [0.15, 0.2) is 6.07 Å². The molecule has 0 fully saturated rings. The van der Waals surface area contributed by atoms with Gasteiger partial charge in [-0.2, -0.15) is 0 Å². The Kier molecular flexibility index (Phi) is 4.09. The third kappa shape index (κ3) is 2.50. The van der Waals surface area contributed by atoms with E-state index in [1.165, 1.54) is 0 Å².